The van der Waals surface area contributed by atoms with Crippen molar-refractivity contribution in [1.29, 1.82) is 0 Å². The first-order valence-electron chi connectivity index (χ1n) is 5.56. The minimum absolute atomic E-state index is 0.371. The minimum Gasteiger partial charge on any atom is -0.377 e. The SMILES string of the molecule is CO[C@@H]1CCc2cc3c(cc21)CCC3. The van der Waals surface area contributed by atoms with Gasteiger partial charge in [-0.05, 0) is 54.4 Å². The lowest BCUT2D eigenvalue weighted by Gasteiger charge is -2.10. The topological polar surface area (TPSA) is 9.23 Å². The number of hydrogen-bond donors (Lipinski definition) is 0. The molecule has 1 nitrogen and oxygen atoms in total. The zero-order valence-electron chi connectivity index (χ0n) is 8.68. The molecule has 0 fully saturated rings. The summed E-state index contributed by atoms with van der Waals surface area (Å²) in [7, 11) is 1.83. The third kappa shape index (κ3) is 1.12. The van der Waals surface area contributed by atoms with Crippen molar-refractivity contribution in [3.63, 3.8) is 0 Å². The standard InChI is InChI=1S/C13H16O/c1-14-13-6-5-11-7-9-3-2-4-10(9)8-12(11)13/h7-8,13H,2-6H2,1H3/t13-/m1/s1. The lowest BCUT2D eigenvalue weighted by Crippen LogP contribution is -1.97. The lowest BCUT2D eigenvalue weighted by molar-refractivity contribution is 0.105. The molecule has 0 bridgehead atoms. The Balaban J connectivity index is 2.09. The van der Waals surface area contributed by atoms with Gasteiger partial charge in [0.2, 0.25) is 0 Å². The van der Waals surface area contributed by atoms with E-state index in [0.717, 1.165) is 0 Å². The van der Waals surface area contributed by atoms with Crippen LogP contribution in [-0.2, 0) is 24.0 Å². The normalized spacial score (nSPS) is 23.6. The second-order valence-corrected chi connectivity index (χ2v) is 4.44. The van der Waals surface area contributed by atoms with Crippen molar-refractivity contribution >= 4 is 0 Å². The summed E-state index contributed by atoms with van der Waals surface area (Å²) in [5.74, 6) is 0. The number of methoxy groups -OCH3 is 1. The molecule has 2 aliphatic carbocycles. The fraction of sp³-hybridized carbons (Fsp3) is 0.538. The van der Waals surface area contributed by atoms with Gasteiger partial charge in [0.15, 0.2) is 0 Å². The van der Waals surface area contributed by atoms with Crippen molar-refractivity contribution in [2.45, 2.75) is 38.2 Å². The van der Waals surface area contributed by atoms with Gasteiger partial charge in [-0.3, -0.25) is 0 Å². The number of fused-ring (bicyclic) bond motifs is 2. The number of benzene rings is 1. The number of hydrogen-bond acceptors (Lipinski definition) is 1. The predicted molar refractivity (Wildman–Crippen MR) is 56.5 cm³/mol. The van der Waals surface area contributed by atoms with Crippen molar-refractivity contribution in [1.82, 2.24) is 0 Å². The van der Waals surface area contributed by atoms with Crippen LogP contribution in [0, 0.1) is 0 Å². The molecule has 14 heavy (non-hydrogen) atoms. The summed E-state index contributed by atoms with van der Waals surface area (Å²) in [6, 6.07) is 4.83. The Bertz CT molecular complexity index is 368. The molecule has 3 rings (SSSR count). The fourth-order valence-corrected chi connectivity index (χ4v) is 2.90. The van der Waals surface area contributed by atoms with Crippen molar-refractivity contribution in [3.05, 3.63) is 34.4 Å². The van der Waals surface area contributed by atoms with E-state index in [1.54, 1.807) is 11.1 Å². The van der Waals surface area contributed by atoms with Gasteiger partial charge in [0.1, 0.15) is 0 Å². The molecule has 1 atom stereocenters. The second-order valence-electron chi connectivity index (χ2n) is 4.44. The van der Waals surface area contributed by atoms with Crippen LogP contribution >= 0.6 is 0 Å². The van der Waals surface area contributed by atoms with E-state index in [4.69, 9.17) is 4.74 Å². The van der Waals surface area contributed by atoms with E-state index in [-0.39, 0.29) is 0 Å². The summed E-state index contributed by atoms with van der Waals surface area (Å²) >= 11 is 0. The van der Waals surface area contributed by atoms with Crippen LogP contribution in [0.5, 0.6) is 0 Å². The zero-order valence-corrected chi connectivity index (χ0v) is 8.68. The average molecular weight is 188 g/mol. The van der Waals surface area contributed by atoms with Crippen molar-refractivity contribution in [2.24, 2.45) is 0 Å². The van der Waals surface area contributed by atoms with Crippen LogP contribution in [-0.4, -0.2) is 7.11 Å². The molecule has 0 N–H and O–H groups in total. The Morgan fingerprint density at radius 2 is 1.86 bits per heavy atom. The van der Waals surface area contributed by atoms with E-state index in [1.165, 1.54) is 43.2 Å². The molecule has 0 radical (unpaired) electrons. The number of rotatable bonds is 1. The molecule has 0 saturated carbocycles. The maximum absolute atomic E-state index is 5.50. The highest BCUT2D eigenvalue weighted by molar-refractivity contribution is 5.44. The highest BCUT2D eigenvalue weighted by atomic mass is 16.5. The van der Waals surface area contributed by atoms with E-state index in [1.807, 2.05) is 7.11 Å². The van der Waals surface area contributed by atoms with Crippen LogP contribution in [0.1, 0.15) is 41.2 Å². The summed E-state index contributed by atoms with van der Waals surface area (Å²) < 4.78 is 5.50. The van der Waals surface area contributed by atoms with Gasteiger partial charge in [0, 0.05) is 7.11 Å². The van der Waals surface area contributed by atoms with Crippen LogP contribution < -0.4 is 0 Å². The summed E-state index contributed by atoms with van der Waals surface area (Å²) in [4.78, 5) is 0. The third-order valence-electron chi connectivity index (χ3n) is 3.66. The molecule has 1 aromatic carbocycles. The van der Waals surface area contributed by atoms with Crippen LogP contribution in [0.3, 0.4) is 0 Å². The van der Waals surface area contributed by atoms with Gasteiger partial charge in [-0.2, -0.15) is 0 Å². The highest BCUT2D eigenvalue weighted by Crippen LogP contribution is 2.37. The van der Waals surface area contributed by atoms with Gasteiger partial charge >= 0.3 is 0 Å². The first-order chi connectivity index (χ1) is 6.88. The van der Waals surface area contributed by atoms with E-state index >= 15 is 0 Å². The minimum atomic E-state index is 0.371. The smallest absolute Gasteiger partial charge is 0.0827 e. The number of aryl methyl sites for hydroxylation is 3. The highest BCUT2D eigenvalue weighted by Gasteiger charge is 2.24. The van der Waals surface area contributed by atoms with Crippen LogP contribution in [0.2, 0.25) is 0 Å². The summed E-state index contributed by atoms with van der Waals surface area (Å²) in [5.41, 5.74) is 6.18. The molecule has 0 unspecified atom stereocenters. The summed E-state index contributed by atoms with van der Waals surface area (Å²) in [6.45, 7) is 0. The lowest BCUT2D eigenvalue weighted by atomic mass is 10.0. The van der Waals surface area contributed by atoms with Gasteiger partial charge in [-0.1, -0.05) is 12.1 Å². The molecule has 0 aromatic heterocycles. The van der Waals surface area contributed by atoms with E-state index in [2.05, 4.69) is 12.1 Å². The van der Waals surface area contributed by atoms with E-state index in [9.17, 15) is 0 Å². The van der Waals surface area contributed by atoms with E-state index in [0.29, 0.717) is 6.10 Å². The van der Waals surface area contributed by atoms with E-state index < -0.39 is 0 Å². The Kier molecular flexibility index (Phi) is 1.88. The predicted octanol–water partition coefficient (Wildman–Crippen LogP) is 2.81. The zero-order chi connectivity index (χ0) is 9.54. The molecule has 1 aromatic rings. The van der Waals surface area contributed by atoms with Gasteiger partial charge in [-0.15, -0.1) is 0 Å². The average Bonchev–Trinajstić information content (AvgIpc) is 2.78. The molecule has 0 spiro atoms. The maximum atomic E-state index is 5.50. The largest absolute Gasteiger partial charge is 0.377 e. The number of ether oxygens (including phenoxy) is 1. The Morgan fingerprint density at radius 3 is 2.64 bits per heavy atom. The molecule has 0 heterocycles. The quantitative estimate of drug-likeness (QED) is 0.658. The molecule has 2 aliphatic rings. The Morgan fingerprint density at radius 1 is 1.07 bits per heavy atom. The van der Waals surface area contributed by atoms with Crippen molar-refractivity contribution in [2.75, 3.05) is 7.11 Å². The summed E-state index contributed by atoms with van der Waals surface area (Å²) in [6.07, 6.45) is 6.67. The Labute approximate surface area is 85.1 Å². The third-order valence-corrected chi connectivity index (χ3v) is 3.66. The maximum Gasteiger partial charge on any atom is 0.0827 e. The first-order valence-corrected chi connectivity index (χ1v) is 5.56. The van der Waals surface area contributed by atoms with Gasteiger partial charge in [0.25, 0.3) is 0 Å². The van der Waals surface area contributed by atoms with Crippen LogP contribution in [0.4, 0.5) is 0 Å². The van der Waals surface area contributed by atoms with Crippen molar-refractivity contribution < 1.29 is 4.74 Å². The molecular weight excluding hydrogens is 172 g/mol. The molecule has 1 heteroatoms. The molecule has 0 amide bonds. The fourth-order valence-electron chi connectivity index (χ4n) is 2.90. The molecule has 74 valence electrons. The van der Waals surface area contributed by atoms with Gasteiger partial charge in [-0.25, -0.2) is 0 Å². The summed E-state index contributed by atoms with van der Waals surface area (Å²) in [5, 5.41) is 0. The first kappa shape index (κ1) is 8.49. The van der Waals surface area contributed by atoms with Crippen molar-refractivity contribution in [3.8, 4) is 0 Å². The molecule has 0 aliphatic heterocycles. The van der Waals surface area contributed by atoms with Gasteiger partial charge in [0.05, 0.1) is 6.10 Å². The Hall–Kier alpha value is -0.820. The molecular formula is C13H16O. The monoisotopic (exact) mass is 188 g/mol. The second kappa shape index (κ2) is 3.09. The van der Waals surface area contributed by atoms with Gasteiger partial charge < -0.3 is 4.74 Å². The van der Waals surface area contributed by atoms with Crippen LogP contribution in [0.15, 0.2) is 12.1 Å². The molecule has 0 saturated heterocycles. The van der Waals surface area contributed by atoms with Crippen LogP contribution in [0.25, 0.3) is 0 Å².